The number of ether oxygens (including phenoxy) is 1. The number of rotatable bonds is 5. The van der Waals surface area contributed by atoms with Gasteiger partial charge in [0.15, 0.2) is 0 Å². The van der Waals surface area contributed by atoms with E-state index in [1.165, 1.54) is 12.1 Å². The summed E-state index contributed by atoms with van der Waals surface area (Å²) in [5.41, 5.74) is 1.13. The molecule has 25 heavy (non-hydrogen) atoms. The van der Waals surface area contributed by atoms with Crippen LogP contribution >= 0.6 is 11.8 Å². The number of phenols is 1. The van der Waals surface area contributed by atoms with E-state index in [2.05, 4.69) is 6.58 Å². The van der Waals surface area contributed by atoms with Gasteiger partial charge in [-0.2, -0.15) is 0 Å². The lowest BCUT2D eigenvalue weighted by atomic mass is 10.2. The Bertz CT molecular complexity index is 858. The predicted molar refractivity (Wildman–Crippen MR) is 98.7 cm³/mol. The van der Waals surface area contributed by atoms with Gasteiger partial charge in [-0.3, -0.25) is 9.59 Å². The lowest BCUT2D eigenvalue weighted by Gasteiger charge is -2.12. The lowest BCUT2D eigenvalue weighted by molar-refractivity contribution is -0.113. The third kappa shape index (κ3) is 3.75. The zero-order valence-electron chi connectivity index (χ0n) is 13.2. The summed E-state index contributed by atoms with van der Waals surface area (Å²) in [6.07, 6.45) is 3.32. The molecule has 1 saturated heterocycles. The summed E-state index contributed by atoms with van der Waals surface area (Å²) in [5, 5.41) is 9.15. The van der Waals surface area contributed by atoms with Crippen molar-refractivity contribution in [3.8, 4) is 11.5 Å². The molecule has 0 spiro atoms. The zero-order chi connectivity index (χ0) is 17.8. The topological polar surface area (TPSA) is 66.8 Å². The second kappa shape index (κ2) is 7.27. The zero-order valence-corrected chi connectivity index (χ0v) is 14.0. The molecule has 2 aromatic carbocycles. The number of benzene rings is 2. The second-order valence-corrected chi connectivity index (χ2v) is 6.20. The fourth-order valence-corrected chi connectivity index (χ4v) is 3.13. The number of hydrogen-bond donors (Lipinski definition) is 1. The van der Waals surface area contributed by atoms with Gasteiger partial charge in [0.1, 0.15) is 18.1 Å². The van der Waals surface area contributed by atoms with E-state index in [9.17, 15) is 14.7 Å². The number of phenolic OH excluding ortho intramolecular Hbond substituents is 1. The Labute approximate surface area is 149 Å². The summed E-state index contributed by atoms with van der Waals surface area (Å²) >= 11 is 0.868. The summed E-state index contributed by atoms with van der Waals surface area (Å²) in [5.74, 6) is 0.285. The SMILES string of the molecule is C=CCOc1ccc(C=C2SC(=O)N(c3cccc(O)c3)C2=O)cc1. The number of imide groups is 1. The average molecular weight is 353 g/mol. The molecule has 0 aromatic heterocycles. The highest BCUT2D eigenvalue weighted by molar-refractivity contribution is 8.19. The number of carbonyl (C=O) groups is 2. The van der Waals surface area contributed by atoms with Gasteiger partial charge in [-0.15, -0.1) is 0 Å². The van der Waals surface area contributed by atoms with Gasteiger partial charge in [-0.05, 0) is 47.7 Å². The van der Waals surface area contributed by atoms with Crippen molar-refractivity contribution in [2.45, 2.75) is 0 Å². The highest BCUT2D eigenvalue weighted by Crippen LogP contribution is 2.36. The molecular formula is C19H15NO4S. The van der Waals surface area contributed by atoms with Crippen LogP contribution in [0.1, 0.15) is 5.56 Å². The predicted octanol–water partition coefficient (Wildman–Crippen LogP) is 4.20. The van der Waals surface area contributed by atoms with E-state index in [0.717, 1.165) is 22.2 Å². The van der Waals surface area contributed by atoms with Gasteiger partial charge in [0.05, 0.1) is 10.6 Å². The first-order valence-corrected chi connectivity index (χ1v) is 8.31. The average Bonchev–Trinajstić information content (AvgIpc) is 2.88. The number of thioether (sulfide) groups is 1. The van der Waals surface area contributed by atoms with Gasteiger partial charge in [0.25, 0.3) is 11.1 Å². The minimum Gasteiger partial charge on any atom is -0.508 e. The standard InChI is InChI=1S/C19H15NO4S/c1-2-10-24-16-8-6-13(7-9-16)11-17-18(22)20(19(23)25-17)14-4-3-5-15(21)12-14/h2-9,11-12,21H,1,10H2. The minimum absolute atomic E-state index is 0.00403. The van der Waals surface area contributed by atoms with E-state index in [1.807, 2.05) is 0 Å². The van der Waals surface area contributed by atoms with Crippen LogP contribution < -0.4 is 9.64 Å². The van der Waals surface area contributed by atoms with Gasteiger partial charge in [0.2, 0.25) is 0 Å². The monoisotopic (exact) mass is 353 g/mol. The number of carbonyl (C=O) groups excluding carboxylic acids is 2. The van der Waals surface area contributed by atoms with Crippen LogP contribution in [0.15, 0.2) is 66.1 Å². The van der Waals surface area contributed by atoms with Crippen LogP contribution in [-0.2, 0) is 4.79 Å². The first kappa shape index (κ1) is 16.9. The smallest absolute Gasteiger partial charge is 0.298 e. The van der Waals surface area contributed by atoms with E-state index < -0.39 is 11.1 Å². The molecule has 3 rings (SSSR count). The molecular weight excluding hydrogens is 338 g/mol. The van der Waals surface area contributed by atoms with Crippen LogP contribution in [-0.4, -0.2) is 22.9 Å². The van der Waals surface area contributed by atoms with Crippen LogP contribution in [0.5, 0.6) is 11.5 Å². The molecule has 0 bridgehead atoms. The Hall–Kier alpha value is -2.99. The molecule has 1 fully saturated rings. The van der Waals surface area contributed by atoms with Crippen molar-refractivity contribution >= 4 is 34.7 Å². The van der Waals surface area contributed by atoms with Crippen LogP contribution in [0.25, 0.3) is 6.08 Å². The normalized spacial score (nSPS) is 15.7. The lowest BCUT2D eigenvalue weighted by Crippen LogP contribution is -2.27. The van der Waals surface area contributed by atoms with Gasteiger partial charge < -0.3 is 9.84 Å². The maximum absolute atomic E-state index is 12.5. The number of hydrogen-bond acceptors (Lipinski definition) is 5. The van der Waals surface area contributed by atoms with Crippen LogP contribution in [0.4, 0.5) is 10.5 Å². The Morgan fingerprint density at radius 3 is 2.60 bits per heavy atom. The molecule has 2 amide bonds. The van der Waals surface area contributed by atoms with Crippen molar-refractivity contribution < 1.29 is 19.4 Å². The Kier molecular flexibility index (Phi) is 4.90. The maximum Gasteiger partial charge on any atom is 0.298 e. The highest BCUT2D eigenvalue weighted by atomic mass is 32.2. The number of anilines is 1. The molecule has 0 atom stereocenters. The molecule has 126 valence electrons. The summed E-state index contributed by atoms with van der Waals surface area (Å²) in [4.78, 5) is 26.1. The molecule has 2 aromatic rings. The first-order valence-electron chi connectivity index (χ1n) is 7.49. The Balaban J connectivity index is 1.81. The third-order valence-corrected chi connectivity index (χ3v) is 4.30. The molecule has 1 N–H and O–H groups in total. The second-order valence-electron chi connectivity index (χ2n) is 5.21. The fraction of sp³-hybridized carbons (Fsp3) is 0.0526. The van der Waals surface area contributed by atoms with Crippen molar-refractivity contribution in [3.63, 3.8) is 0 Å². The van der Waals surface area contributed by atoms with Crippen LogP contribution in [0.2, 0.25) is 0 Å². The largest absolute Gasteiger partial charge is 0.508 e. The fourth-order valence-electron chi connectivity index (χ4n) is 2.29. The molecule has 0 aliphatic carbocycles. The van der Waals surface area contributed by atoms with E-state index in [1.54, 1.807) is 48.6 Å². The van der Waals surface area contributed by atoms with E-state index in [4.69, 9.17) is 4.74 Å². The van der Waals surface area contributed by atoms with Crippen molar-refractivity contribution in [3.05, 3.63) is 71.7 Å². The van der Waals surface area contributed by atoms with Crippen molar-refractivity contribution in [2.24, 2.45) is 0 Å². The summed E-state index contributed by atoms with van der Waals surface area (Å²) in [6, 6.07) is 13.2. The summed E-state index contributed by atoms with van der Waals surface area (Å²) in [6.45, 7) is 4.01. The maximum atomic E-state index is 12.5. The van der Waals surface area contributed by atoms with Crippen LogP contribution in [0.3, 0.4) is 0 Å². The number of amides is 2. The van der Waals surface area contributed by atoms with Gasteiger partial charge in [-0.1, -0.05) is 30.9 Å². The number of nitrogens with zero attached hydrogens (tertiary/aromatic N) is 1. The third-order valence-electron chi connectivity index (χ3n) is 3.43. The Morgan fingerprint density at radius 1 is 1.16 bits per heavy atom. The quantitative estimate of drug-likeness (QED) is 0.645. The van der Waals surface area contributed by atoms with Crippen molar-refractivity contribution in [1.82, 2.24) is 0 Å². The summed E-state index contributed by atoms with van der Waals surface area (Å²) in [7, 11) is 0. The molecule has 1 heterocycles. The minimum atomic E-state index is -0.410. The molecule has 6 heteroatoms. The number of aromatic hydroxyl groups is 1. The summed E-state index contributed by atoms with van der Waals surface area (Å²) < 4.78 is 5.41. The van der Waals surface area contributed by atoms with Crippen molar-refractivity contribution in [2.75, 3.05) is 11.5 Å². The highest BCUT2D eigenvalue weighted by Gasteiger charge is 2.36. The van der Waals surface area contributed by atoms with E-state index in [0.29, 0.717) is 22.9 Å². The first-order chi connectivity index (χ1) is 12.1. The van der Waals surface area contributed by atoms with Crippen molar-refractivity contribution in [1.29, 1.82) is 0 Å². The molecule has 1 aliphatic heterocycles. The van der Waals surface area contributed by atoms with E-state index >= 15 is 0 Å². The molecule has 0 saturated carbocycles. The van der Waals surface area contributed by atoms with Gasteiger partial charge >= 0.3 is 0 Å². The Morgan fingerprint density at radius 2 is 1.92 bits per heavy atom. The van der Waals surface area contributed by atoms with Gasteiger partial charge in [0, 0.05) is 6.07 Å². The molecule has 5 nitrogen and oxygen atoms in total. The van der Waals surface area contributed by atoms with E-state index in [-0.39, 0.29) is 5.75 Å². The molecule has 1 aliphatic rings. The van der Waals surface area contributed by atoms with Crippen LogP contribution in [0, 0.1) is 0 Å². The van der Waals surface area contributed by atoms with Gasteiger partial charge in [-0.25, -0.2) is 4.90 Å². The molecule has 0 unspecified atom stereocenters. The molecule has 0 radical (unpaired) electrons.